The lowest BCUT2D eigenvalue weighted by Gasteiger charge is -2.15. The summed E-state index contributed by atoms with van der Waals surface area (Å²) in [7, 11) is 0. The third-order valence-electron chi connectivity index (χ3n) is 3.34. The molecule has 2 aromatic rings. The Kier molecular flexibility index (Phi) is 3.97. The standard InChI is InChI=1S/C14H16ClN5/c15-12-5-3-11(4-6-12)9-16-14-18-13(10-17-19-14)20-7-1-2-8-20/h3-6,10H,1-2,7-9H2,(H,16,18,19). The molecule has 2 heterocycles. The molecule has 3 rings (SSSR count). The fraction of sp³-hybridized carbons (Fsp3) is 0.357. The van der Waals surface area contributed by atoms with Crippen LogP contribution in [0.3, 0.4) is 0 Å². The highest BCUT2D eigenvalue weighted by Gasteiger charge is 2.14. The van der Waals surface area contributed by atoms with Crippen LogP contribution in [0.5, 0.6) is 0 Å². The predicted octanol–water partition coefficient (Wildman–Crippen LogP) is 2.74. The number of anilines is 2. The number of aromatic nitrogens is 3. The molecular weight excluding hydrogens is 274 g/mol. The van der Waals surface area contributed by atoms with Crippen LogP contribution in [0.1, 0.15) is 18.4 Å². The highest BCUT2D eigenvalue weighted by Crippen LogP contribution is 2.17. The molecule has 0 bridgehead atoms. The van der Waals surface area contributed by atoms with E-state index in [4.69, 9.17) is 11.6 Å². The van der Waals surface area contributed by atoms with E-state index in [9.17, 15) is 0 Å². The smallest absolute Gasteiger partial charge is 0.244 e. The Balaban J connectivity index is 1.65. The normalized spacial score (nSPS) is 14.6. The Labute approximate surface area is 123 Å². The lowest BCUT2D eigenvalue weighted by atomic mass is 10.2. The highest BCUT2D eigenvalue weighted by atomic mass is 35.5. The van der Waals surface area contributed by atoms with Gasteiger partial charge in [-0.3, -0.25) is 0 Å². The van der Waals surface area contributed by atoms with Crippen molar-refractivity contribution < 1.29 is 0 Å². The number of nitrogens with one attached hydrogen (secondary N) is 1. The molecule has 104 valence electrons. The summed E-state index contributed by atoms with van der Waals surface area (Å²) in [6.07, 6.45) is 4.16. The largest absolute Gasteiger partial charge is 0.355 e. The SMILES string of the molecule is Clc1ccc(CNc2nncc(N3CCCC3)n2)cc1. The van der Waals surface area contributed by atoms with Crippen molar-refractivity contribution >= 4 is 23.4 Å². The summed E-state index contributed by atoms with van der Waals surface area (Å²) in [4.78, 5) is 6.74. The van der Waals surface area contributed by atoms with Gasteiger partial charge in [0.25, 0.3) is 0 Å². The van der Waals surface area contributed by atoms with E-state index in [1.165, 1.54) is 12.8 Å². The average molecular weight is 290 g/mol. The van der Waals surface area contributed by atoms with E-state index in [0.29, 0.717) is 12.5 Å². The predicted molar refractivity (Wildman–Crippen MR) is 80.1 cm³/mol. The van der Waals surface area contributed by atoms with E-state index in [1.54, 1.807) is 6.20 Å². The van der Waals surface area contributed by atoms with Gasteiger partial charge in [-0.05, 0) is 30.5 Å². The number of benzene rings is 1. The maximum absolute atomic E-state index is 5.86. The Hall–Kier alpha value is -1.88. The average Bonchev–Trinajstić information content (AvgIpc) is 3.01. The highest BCUT2D eigenvalue weighted by molar-refractivity contribution is 6.30. The van der Waals surface area contributed by atoms with Crippen LogP contribution in [0.4, 0.5) is 11.8 Å². The topological polar surface area (TPSA) is 53.9 Å². The number of hydrogen-bond donors (Lipinski definition) is 1. The minimum Gasteiger partial charge on any atom is -0.355 e. The van der Waals surface area contributed by atoms with Gasteiger partial charge in [0.05, 0.1) is 6.20 Å². The monoisotopic (exact) mass is 289 g/mol. The van der Waals surface area contributed by atoms with Crippen molar-refractivity contribution in [1.29, 1.82) is 0 Å². The van der Waals surface area contributed by atoms with Gasteiger partial charge in [0, 0.05) is 24.7 Å². The van der Waals surface area contributed by atoms with Crippen molar-refractivity contribution in [2.45, 2.75) is 19.4 Å². The van der Waals surface area contributed by atoms with Gasteiger partial charge < -0.3 is 10.2 Å². The van der Waals surface area contributed by atoms with E-state index >= 15 is 0 Å². The second kappa shape index (κ2) is 6.05. The first-order valence-corrected chi connectivity index (χ1v) is 7.12. The van der Waals surface area contributed by atoms with Crippen molar-refractivity contribution in [2.75, 3.05) is 23.3 Å². The molecule has 0 amide bonds. The molecule has 5 nitrogen and oxygen atoms in total. The van der Waals surface area contributed by atoms with E-state index < -0.39 is 0 Å². The Morgan fingerprint density at radius 3 is 2.65 bits per heavy atom. The Morgan fingerprint density at radius 2 is 1.90 bits per heavy atom. The van der Waals surface area contributed by atoms with Crippen molar-refractivity contribution in [3.05, 3.63) is 41.0 Å². The first-order chi connectivity index (χ1) is 9.81. The maximum Gasteiger partial charge on any atom is 0.244 e. The number of hydrogen-bond acceptors (Lipinski definition) is 5. The maximum atomic E-state index is 5.86. The third kappa shape index (κ3) is 3.17. The van der Waals surface area contributed by atoms with E-state index in [-0.39, 0.29) is 0 Å². The summed E-state index contributed by atoms with van der Waals surface area (Å²) in [6.45, 7) is 2.76. The van der Waals surface area contributed by atoms with E-state index in [0.717, 1.165) is 29.5 Å². The van der Waals surface area contributed by atoms with Crippen molar-refractivity contribution in [3.8, 4) is 0 Å². The zero-order chi connectivity index (χ0) is 13.8. The molecular formula is C14H16ClN5. The zero-order valence-electron chi connectivity index (χ0n) is 11.1. The summed E-state index contributed by atoms with van der Waals surface area (Å²) >= 11 is 5.86. The molecule has 0 spiro atoms. The van der Waals surface area contributed by atoms with Gasteiger partial charge >= 0.3 is 0 Å². The lowest BCUT2D eigenvalue weighted by molar-refractivity contribution is 0.879. The molecule has 6 heteroatoms. The van der Waals surface area contributed by atoms with Gasteiger partial charge in [-0.25, -0.2) is 0 Å². The Morgan fingerprint density at radius 1 is 1.15 bits per heavy atom. The minimum atomic E-state index is 0.560. The van der Waals surface area contributed by atoms with Gasteiger partial charge in [-0.1, -0.05) is 23.7 Å². The van der Waals surface area contributed by atoms with Crippen LogP contribution in [0, 0.1) is 0 Å². The number of rotatable bonds is 4. The van der Waals surface area contributed by atoms with Crippen LogP contribution in [-0.4, -0.2) is 28.3 Å². The van der Waals surface area contributed by atoms with Gasteiger partial charge in [-0.15, -0.1) is 5.10 Å². The lowest BCUT2D eigenvalue weighted by Crippen LogP contribution is -2.20. The van der Waals surface area contributed by atoms with E-state index in [2.05, 4.69) is 25.4 Å². The van der Waals surface area contributed by atoms with Crippen LogP contribution >= 0.6 is 11.6 Å². The molecule has 1 N–H and O–H groups in total. The van der Waals surface area contributed by atoms with E-state index in [1.807, 2.05) is 24.3 Å². The second-order valence-corrected chi connectivity index (χ2v) is 5.25. The van der Waals surface area contributed by atoms with Crippen molar-refractivity contribution in [3.63, 3.8) is 0 Å². The summed E-state index contributed by atoms with van der Waals surface area (Å²) in [5, 5.41) is 12.0. The van der Waals surface area contributed by atoms with Crippen LogP contribution in [-0.2, 0) is 6.54 Å². The van der Waals surface area contributed by atoms with Crippen LogP contribution in [0.15, 0.2) is 30.5 Å². The molecule has 1 aliphatic rings. The van der Waals surface area contributed by atoms with Crippen molar-refractivity contribution in [2.24, 2.45) is 0 Å². The molecule has 0 unspecified atom stereocenters. The number of halogens is 1. The van der Waals surface area contributed by atoms with Gasteiger partial charge in [0.1, 0.15) is 0 Å². The summed E-state index contributed by atoms with van der Waals surface area (Å²) in [6, 6.07) is 7.71. The fourth-order valence-corrected chi connectivity index (χ4v) is 2.38. The van der Waals surface area contributed by atoms with Crippen LogP contribution < -0.4 is 10.2 Å². The van der Waals surface area contributed by atoms with Crippen LogP contribution in [0.2, 0.25) is 5.02 Å². The quantitative estimate of drug-likeness (QED) is 0.938. The molecule has 1 aliphatic heterocycles. The summed E-state index contributed by atoms with van der Waals surface area (Å²) in [5.41, 5.74) is 1.13. The minimum absolute atomic E-state index is 0.560. The molecule has 1 saturated heterocycles. The molecule has 0 atom stereocenters. The third-order valence-corrected chi connectivity index (χ3v) is 3.59. The fourth-order valence-electron chi connectivity index (χ4n) is 2.25. The molecule has 1 aromatic heterocycles. The van der Waals surface area contributed by atoms with Gasteiger partial charge in [-0.2, -0.15) is 10.1 Å². The number of nitrogens with zero attached hydrogens (tertiary/aromatic N) is 4. The molecule has 0 radical (unpaired) electrons. The molecule has 1 fully saturated rings. The van der Waals surface area contributed by atoms with Crippen LogP contribution in [0.25, 0.3) is 0 Å². The molecule has 20 heavy (non-hydrogen) atoms. The first kappa shape index (κ1) is 13.1. The Bertz CT molecular complexity index is 566. The molecule has 1 aromatic carbocycles. The summed E-state index contributed by atoms with van der Waals surface area (Å²) < 4.78 is 0. The zero-order valence-corrected chi connectivity index (χ0v) is 11.8. The first-order valence-electron chi connectivity index (χ1n) is 6.74. The summed E-state index contributed by atoms with van der Waals surface area (Å²) in [5.74, 6) is 1.46. The molecule has 0 aliphatic carbocycles. The van der Waals surface area contributed by atoms with Gasteiger partial charge in [0.2, 0.25) is 5.95 Å². The second-order valence-electron chi connectivity index (χ2n) is 4.81. The van der Waals surface area contributed by atoms with Crippen molar-refractivity contribution in [1.82, 2.24) is 15.2 Å². The van der Waals surface area contributed by atoms with Gasteiger partial charge in [0.15, 0.2) is 5.82 Å². The molecule has 0 saturated carbocycles.